The normalized spacial score (nSPS) is 24.6. The van der Waals surface area contributed by atoms with Crippen LogP contribution in [0, 0.1) is 23.5 Å². The van der Waals surface area contributed by atoms with Crippen LogP contribution in [0.25, 0.3) is 0 Å². The zero-order valence-electron chi connectivity index (χ0n) is 10.2. The van der Waals surface area contributed by atoms with Gasteiger partial charge in [-0.2, -0.15) is 0 Å². The lowest BCUT2D eigenvalue weighted by molar-refractivity contribution is 0.300. The van der Waals surface area contributed by atoms with Crippen molar-refractivity contribution in [2.24, 2.45) is 11.8 Å². The first-order valence-corrected chi connectivity index (χ1v) is 6.34. The second-order valence-corrected chi connectivity index (χ2v) is 5.13. The largest absolute Gasteiger partial charge is 0.382 e. The average molecular weight is 239 g/mol. The molecule has 0 heterocycles. The predicted molar refractivity (Wildman–Crippen MR) is 66.0 cm³/mol. The number of hydrogen-bond donors (Lipinski definition) is 1. The summed E-state index contributed by atoms with van der Waals surface area (Å²) in [4.78, 5) is 0. The Labute approximate surface area is 101 Å². The van der Waals surface area contributed by atoms with Gasteiger partial charge in [0.25, 0.3) is 0 Å². The lowest BCUT2D eigenvalue weighted by atomic mass is 9.83. The van der Waals surface area contributed by atoms with Crippen molar-refractivity contribution in [3.05, 3.63) is 29.8 Å². The maximum atomic E-state index is 13.4. The van der Waals surface area contributed by atoms with Crippen LogP contribution >= 0.6 is 0 Å². The van der Waals surface area contributed by atoms with E-state index in [1.807, 2.05) is 0 Å². The molecule has 2 rings (SSSR count). The highest BCUT2D eigenvalue weighted by Gasteiger charge is 2.18. The molecule has 1 aliphatic carbocycles. The molecule has 0 bridgehead atoms. The standard InChI is InChI=1S/C14H19F2N/c1-10-2-4-11(5-3-10)9-17-14-8-12(15)6-7-13(14)16/h6-8,10-11,17H,2-5,9H2,1H3. The monoisotopic (exact) mass is 239 g/mol. The minimum Gasteiger partial charge on any atom is -0.382 e. The SMILES string of the molecule is CC1CCC(CNc2cc(F)ccc2F)CC1. The maximum absolute atomic E-state index is 13.4. The Balaban J connectivity index is 1.87. The van der Waals surface area contributed by atoms with Crippen molar-refractivity contribution < 1.29 is 8.78 Å². The van der Waals surface area contributed by atoms with Gasteiger partial charge in [-0.05, 0) is 42.9 Å². The highest BCUT2D eigenvalue weighted by Crippen LogP contribution is 2.28. The number of nitrogens with one attached hydrogen (secondary N) is 1. The van der Waals surface area contributed by atoms with Gasteiger partial charge in [0, 0.05) is 6.54 Å². The smallest absolute Gasteiger partial charge is 0.146 e. The molecular formula is C14H19F2N. The second-order valence-electron chi connectivity index (χ2n) is 5.13. The summed E-state index contributed by atoms with van der Waals surface area (Å²) in [6.07, 6.45) is 4.87. The molecule has 1 N–H and O–H groups in total. The second kappa shape index (κ2) is 5.48. The first kappa shape index (κ1) is 12.3. The lowest BCUT2D eigenvalue weighted by Gasteiger charge is -2.26. The molecule has 0 amide bonds. The lowest BCUT2D eigenvalue weighted by Crippen LogP contribution is -2.20. The van der Waals surface area contributed by atoms with E-state index < -0.39 is 5.82 Å². The molecule has 1 fully saturated rings. The fraction of sp³-hybridized carbons (Fsp3) is 0.571. The third-order valence-electron chi connectivity index (χ3n) is 3.65. The van der Waals surface area contributed by atoms with E-state index in [4.69, 9.17) is 0 Å². The van der Waals surface area contributed by atoms with Crippen LogP contribution < -0.4 is 5.32 Å². The molecule has 0 saturated heterocycles. The molecule has 94 valence electrons. The van der Waals surface area contributed by atoms with Crippen LogP contribution in [-0.2, 0) is 0 Å². The Kier molecular flexibility index (Phi) is 3.97. The molecule has 1 saturated carbocycles. The molecule has 0 radical (unpaired) electrons. The highest BCUT2D eigenvalue weighted by molar-refractivity contribution is 5.44. The van der Waals surface area contributed by atoms with Crippen LogP contribution in [0.4, 0.5) is 14.5 Å². The van der Waals surface area contributed by atoms with Gasteiger partial charge >= 0.3 is 0 Å². The Morgan fingerprint density at radius 1 is 1.18 bits per heavy atom. The van der Waals surface area contributed by atoms with Gasteiger partial charge in [0.05, 0.1) is 5.69 Å². The van der Waals surface area contributed by atoms with E-state index in [2.05, 4.69) is 12.2 Å². The van der Waals surface area contributed by atoms with Crippen molar-refractivity contribution in [1.82, 2.24) is 0 Å². The van der Waals surface area contributed by atoms with Gasteiger partial charge in [-0.3, -0.25) is 0 Å². The van der Waals surface area contributed by atoms with Gasteiger partial charge < -0.3 is 5.32 Å². The molecule has 0 spiro atoms. The molecule has 3 heteroatoms. The minimum absolute atomic E-state index is 0.281. The van der Waals surface area contributed by atoms with Gasteiger partial charge in [-0.25, -0.2) is 8.78 Å². The third-order valence-corrected chi connectivity index (χ3v) is 3.65. The first-order chi connectivity index (χ1) is 8.15. The average Bonchev–Trinajstić information content (AvgIpc) is 2.32. The molecule has 1 aromatic rings. The minimum atomic E-state index is -0.397. The topological polar surface area (TPSA) is 12.0 Å². The van der Waals surface area contributed by atoms with Crippen molar-refractivity contribution in [2.45, 2.75) is 32.6 Å². The summed E-state index contributed by atoms with van der Waals surface area (Å²) in [6.45, 7) is 3.02. The number of anilines is 1. The number of rotatable bonds is 3. The van der Waals surface area contributed by atoms with Crippen molar-refractivity contribution in [3.8, 4) is 0 Å². The van der Waals surface area contributed by atoms with Crippen LogP contribution in [0.2, 0.25) is 0 Å². The van der Waals surface area contributed by atoms with Crippen LogP contribution in [0.5, 0.6) is 0 Å². The van der Waals surface area contributed by atoms with Crippen LogP contribution in [0.1, 0.15) is 32.6 Å². The molecule has 1 aromatic carbocycles. The molecule has 0 atom stereocenters. The zero-order chi connectivity index (χ0) is 12.3. The van der Waals surface area contributed by atoms with Gasteiger partial charge in [-0.1, -0.05) is 19.8 Å². The Bertz CT molecular complexity index is 370. The van der Waals surface area contributed by atoms with Gasteiger partial charge in [-0.15, -0.1) is 0 Å². The quantitative estimate of drug-likeness (QED) is 0.833. The number of hydrogen-bond acceptors (Lipinski definition) is 1. The maximum Gasteiger partial charge on any atom is 0.146 e. The van der Waals surface area contributed by atoms with Crippen molar-refractivity contribution in [3.63, 3.8) is 0 Å². The molecule has 0 aliphatic heterocycles. The summed E-state index contributed by atoms with van der Waals surface area (Å²) in [5.74, 6) is 0.632. The van der Waals surface area contributed by atoms with E-state index in [0.29, 0.717) is 5.92 Å². The Morgan fingerprint density at radius 3 is 2.59 bits per heavy atom. The van der Waals surface area contributed by atoms with E-state index >= 15 is 0 Å². The van der Waals surface area contributed by atoms with Crippen LogP contribution in [0.15, 0.2) is 18.2 Å². The fourth-order valence-corrected chi connectivity index (χ4v) is 2.42. The molecule has 1 nitrogen and oxygen atoms in total. The van der Waals surface area contributed by atoms with E-state index in [1.165, 1.54) is 37.8 Å². The fourth-order valence-electron chi connectivity index (χ4n) is 2.42. The molecule has 0 unspecified atom stereocenters. The van der Waals surface area contributed by atoms with Crippen molar-refractivity contribution in [1.29, 1.82) is 0 Å². The van der Waals surface area contributed by atoms with Gasteiger partial charge in [0.15, 0.2) is 0 Å². The van der Waals surface area contributed by atoms with Gasteiger partial charge in [0.2, 0.25) is 0 Å². The van der Waals surface area contributed by atoms with Gasteiger partial charge in [0.1, 0.15) is 11.6 Å². The van der Waals surface area contributed by atoms with E-state index in [-0.39, 0.29) is 11.5 Å². The van der Waals surface area contributed by atoms with Crippen LogP contribution in [0.3, 0.4) is 0 Å². The Hall–Kier alpha value is -1.12. The van der Waals surface area contributed by atoms with E-state index in [0.717, 1.165) is 18.5 Å². The van der Waals surface area contributed by atoms with Crippen molar-refractivity contribution in [2.75, 3.05) is 11.9 Å². The molecule has 0 aromatic heterocycles. The summed E-state index contributed by atoms with van der Waals surface area (Å²) in [6, 6.07) is 3.53. The summed E-state index contributed by atoms with van der Waals surface area (Å²) in [7, 11) is 0. The summed E-state index contributed by atoms with van der Waals surface area (Å²) in [5, 5.41) is 3.02. The molecular weight excluding hydrogens is 220 g/mol. The highest BCUT2D eigenvalue weighted by atomic mass is 19.1. The Morgan fingerprint density at radius 2 is 1.88 bits per heavy atom. The number of halogens is 2. The van der Waals surface area contributed by atoms with Crippen molar-refractivity contribution >= 4 is 5.69 Å². The summed E-state index contributed by atoms with van der Waals surface area (Å²) < 4.78 is 26.3. The van der Waals surface area contributed by atoms with E-state index in [1.54, 1.807) is 0 Å². The molecule has 17 heavy (non-hydrogen) atoms. The predicted octanol–water partition coefficient (Wildman–Crippen LogP) is 4.20. The third kappa shape index (κ3) is 3.42. The first-order valence-electron chi connectivity index (χ1n) is 6.34. The summed E-state index contributed by atoms with van der Waals surface area (Å²) >= 11 is 0. The summed E-state index contributed by atoms with van der Waals surface area (Å²) in [5.41, 5.74) is 0.281. The molecule has 1 aliphatic rings. The number of benzene rings is 1. The zero-order valence-corrected chi connectivity index (χ0v) is 10.2. The van der Waals surface area contributed by atoms with Crippen LogP contribution in [-0.4, -0.2) is 6.54 Å². The van der Waals surface area contributed by atoms with E-state index in [9.17, 15) is 8.78 Å².